The Labute approximate surface area is 85.9 Å². The van der Waals surface area contributed by atoms with E-state index in [1.807, 2.05) is 26.0 Å². The Bertz CT molecular complexity index is 283. The molecule has 0 aliphatic rings. The SMILES string of the molecule is CC(C)(N)CC/C=C/c1ccncc1. The average Bonchev–Trinajstić information content (AvgIpc) is 2.13. The Morgan fingerprint density at radius 2 is 2.00 bits per heavy atom. The molecule has 0 amide bonds. The smallest absolute Gasteiger partial charge is 0.0273 e. The lowest BCUT2D eigenvalue weighted by atomic mass is 10.00. The first-order valence-corrected chi connectivity index (χ1v) is 4.93. The Kier molecular flexibility index (Phi) is 3.84. The zero-order valence-electron chi connectivity index (χ0n) is 8.90. The van der Waals surface area contributed by atoms with E-state index in [1.54, 1.807) is 12.4 Å². The molecule has 76 valence electrons. The second-order valence-electron chi connectivity index (χ2n) is 4.21. The number of nitrogens with zero attached hydrogens (tertiary/aromatic N) is 1. The normalized spacial score (nSPS) is 12.2. The zero-order chi connectivity index (χ0) is 10.4. The van der Waals surface area contributed by atoms with Crippen LogP contribution in [0.1, 0.15) is 32.3 Å². The second-order valence-corrected chi connectivity index (χ2v) is 4.21. The number of nitrogens with two attached hydrogens (primary N) is 1. The van der Waals surface area contributed by atoms with Gasteiger partial charge in [0.15, 0.2) is 0 Å². The van der Waals surface area contributed by atoms with Gasteiger partial charge in [-0.15, -0.1) is 0 Å². The highest BCUT2D eigenvalue weighted by Crippen LogP contribution is 2.09. The van der Waals surface area contributed by atoms with Crippen molar-refractivity contribution in [2.75, 3.05) is 0 Å². The van der Waals surface area contributed by atoms with E-state index in [4.69, 9.17) is 5.73 Å². The van der Waals surface area contributed by atoms with Crippen molar-refractivity contribution in [3.05, 3.63) is 36.2 Å². The fraction of sp³-hybridized carbons (Fsp3) is 0.417. The van der Waals surface area contributed by atoms with Crippen molar-refractivity contribution in [2.24, 2.45) is 5.73 Å². The molecule has 0 spiro atoms. The molecule has 14 heavy (non-hydrogen) atoms. The van der Waals surface area contributed by atoms with Crippen LogP contribution < -0.4 is 5.73 Å². The van der Waals surface area contributed by atoms with E-state index in [0.29, 0.717) is 0 Å². The molecule has 2 heteroatoms. The molecule has 0 saturated heterocycles. The van der Waals surface area contributed by atoms with Crippen LogP contribution in [0.4, 0.5) is 0 Å². The lowest BCUT2D eigenvalue weighted by Crippen LogP contribution is -2.31. The number of hydrogen-bond donors (Lipinski definition) is 1. The van der Waals surface area contributed by atoms with Crippen molar-refractivity contribution in [1.82, 2.24) is 4.98 Å². The number of aromatic nitrogens is 1. The van der Waals surface area contributed by atoms with Crippen molar-refractivity contribution in [3.63, 3.8) is 0 Å². The van der Waals surface area contributed by atoms with Crippen LogP contribution in [0.15, 0.2) is 30.6 Å². The number of rotatable bonds is 4. The van der Waals surface area contributed by atoms with E-state index in [9.17, 15) is 0 Å². The van der Waals surface area contributed by atoms with Crippen molar-refractivity contribution in [1.29, 1.82) is 0 Å². The summed E-state index contributed by atoms with van der Waals surface area (Å²) >= 11 is 0. The van der Waals surface area contributed by atoms with Crippen molar-refractivity contribution >= 4 is 6.08 Å². The maximum atomic E-state index is 5.87. The van der Waals surface area contributed by atoms with Crippen LogP contribution in [0, 0.1) is 0 Å². The number of pyridine rings is 1. The average molecular weight is 190 g/mol. The van der Waals surface area contributed by atoms with Crippen LogP contribution in [-0.4, -0.2) is 10.5 Å². The highest BCUT2D eigenvalue weighted by Gasteiger charge is 2.07. The third-order valence-corrected chi connectivity index (χ3v) is 1.97. The van der Waals surface area contributed by atoms with E-state index >= 15 is 0 Å². The largest absolute Gasteiger partial charge is 0.326 e. The minimum atomic E-state index is -0.0669. The first-order chi connectivity index (χ1) is 6.58. The summed E-state index contributed by atoms with van der Waals surface area (Å²) in [5.41, 5.74) is 6.99. The minimum Gasteiger partial charge on any atom is -0.326 e. The van der Waals surface area contributed by atoms with E-state index < -0.39 is 0 Å². The standard InChI is InChI=1S/C12H18N2/c1-12(2,13)8-4-3-5-11-6-9-14-10-7-11/h3,5-7,9-10H,4,8,13H2,1-2H3/b5-3+. The molecule has 0 aliphatic carbocycles. The Morgan fingerprint density at radius 1 is 1.36 bits per heavy atom. The van der Waals surface area contributed by atoms with Gasteiger partial charge < -0.3 is 5.73 Å². The Morgan fingerprint density at radius 3 is 2.57 bits per heavy atom. The third-order valence-electron chi connectivity index (χ3n) is 1.97. The molecule has 2 nitrogen and oxygen atoms in total. The summed E-state index contributed by atoms with van der Waals surface area (Å²) in [5.74, 6) is 0. The summed E-state index contributed by atoms with van der Waals surface area (Å²) in [5, 5.41) is 0. The molecule has 0 saturated carbocycles. The van der Waals surface area contributed by atoms with Crippen LogP contribution in [0.25, 0.3) is 6.08 Å². The van der Waals surface area contributed by atoms with Gasteiger partial charge in [-0.2, -0.15) is 0 Å². The summed E-state index contributed by atoms with van der Waals surface area (Å²) in [6, 6.07) is 3.98. The van der Waals surface area contributed by atoms with Gasteiger partial charge in [0, 0.05) is 17.9 Å². The molecule has 1 aromatic heterocycles. The maximum Gasteiger partial charge on any atom is 0.0273 e. The van der Waals surface area contributed by atoms with Crippen LogP contribution in [0.5, 0.6) is 0 Å². The second kappa shape index (κ2) is 4.91. The zero-order valence-corrected chi connectivity index (χ0v) is 8.90. The molecular formula is C12H18N2. The summed E-state index contributed by atoms with van der Waals surface area (Å²) in [7, 11) is 0. The third kappa shape index (κ3) is 4.77. The molecule has 2 N–H and O–H groups in total. The van der Waals surface area contributed by atoms with Crippen LogP contribution in [-0.2, 0) is 0 Å². The van der Waals surface area contributed by atoms with Crippen LogP contribution >= 0.6 is 0 Å². The van der Waals surface area contributed by atoms with Crippen molar-refractivity contribution < 1.29 is 0 Å². The lowest BCUT2D eigenvalue weighted by molar-refractivity contribution is 0.482. The Hall–Kier alpha value is -1.15. The maximum absolute atomic E-state index is 5.87. The lowest BCUT2D eigenvalue weighted by Gasteiger charge is -2.16. The molecule has 1 rings (SSSR count). The topological polar surface area (TPSA) is 38.9 Å². The van der Waals surface area contributed by atoms with Gasteiger partial charge in [-0.1, -0.05) is 12.2 Å². The van der Waals surface area contributed by atoms with Crippen LogP contribution in [0.2, 0.25) is 0 Å². The molecule has 1 heterocycles. The van der Waals surface area contributed by atoms with E-state index in [2.05, 4.69) is 17.1 Å². The van der Waals surface area contributed by atoms with Crippen LogP contribution in [0.3, 0.4) is 0 Å². The van der Waals surface area contributed by atoms with Gasteiger partial charge in [0.2, 0.25) is 0 Å². The highest BCUT2D eigenvalue weighted by molar-refractivity contribution is 5.47. The fourth-order valence-electron chi connectivity index (χ4n) is 1.15. The molecule has 0 bridgehead atoms. The highest BCUT2D eigenvalue weighted by atomic mass is 14.7. The van der Waals surface area contributed by atoms with E-state index in [1.165, 1.54) is 5.56 Å². The molecule has 0 aromatic carbocycles. The van der Waals surface area contributed by atoms with E-state index in [-0.39, 0.29) is 5.54 Å². The first-order valence-electron chi connectivity index (χ1n) is 4.93. The summed E-state index contributed by atoms with van der Waals surface area (Å²) in [6.07, 6.45) is 9.89. The van der Waals surface area contributed by atoms with Gasteiger partial charge in [-0.25, -0.2) is 0 Å². The molecule has 0 fully saturated rings. The van der Waals surface area contributed by atoms with Crippen molar-refractivity contribution in [3.8, 4) is 0 Å². The van der Waals surface area contributed by atoms with Gasteiger partial charge in [-0.05, 0) is 44.4 Å². The van der Waals surface area contributed by atoms with Gasteiger partial charge in [0.1, 0.15) is 0 Å². The fourth-order valence-corrected chi connectivity index (χ4v) is 1.15. The van der Waals surface area contributed by atoms with Gasteiger partial charge in [0.25, 0.3) is 0 Å². The molecule has 0 unspecified atom stereocenters. The van der Waals surface area contributed by atoms with Crippen molar-refractivity contribution in [2.45, 2.75) is 32.2 Å². The summed E-state index contributed by atoms with van der Waals surface area (Å²) in [6.45, 7) is 4.10. The van der Waals surface area contributed by atoms with E-state index in [0.717, 1.165) is 12.8 Å². The molecular weight excluding hydrogens is 172 g/mol. The minimum absolute atomic E-state index is 0.0669. The predicted octanol–water partition coefficient (Wildman–Crippen LogP) is 2.61. The Balaban J connectivity index is 2.35. The molecule has 0 radical (unpaired) electrons. The van der Waals surface area contributed by atoms with Gasteiger partial charge in [-0.3, -0.25) is 4.98 Å². The number of hydrogen-bond acceptors (Lipinski definition) is 2. The monoisotopic (exact) mass is 190 g/mol. The van der Waals surface area contributed by atoms with Gasteiger partial charge >= 0.3 is 0 Å². The molecule has 0 atom stereocenters. The molecule has 0 aliphatic heterocycles. The summed E-state index contributed by atoms with van der Waals surface area (Å²) < 4.78 is 0. The first kappa shape index (κ1) is 10.9. The summed E-state index contributed by atoms with van der Waals surface area (Å²) in [4.78, 5) is 3.96. The quantitative estimate of drug-likeness (QED) is 0.792. The predicted molar refractivity (Wildman–Crippen MR) is 60.8 cm³/mol. The number of allylic oxidation sites excluding steroid dienone is 1. The molecule has 1 aromatic rings. The van der Waals surface area contributed by atoms with Gasteiger partial charge in [0.05, 0.1) is 0 Å².